The molecule has 0 saturated heterocycles. The van der Waals surface area contributed by atoms with Crippen LogP contribution in [0.1, 0.15) is 34.1 Å². The Bertz CT molecular complexity index is 267. The molecule has 0 aliphatic rings. The summed E-state index contributed by atoms with van der Waals surface area (Å²) in [5.74, 6) is -1.38. The maximum atomic E-state index is 11.4. The van der Waals surface area contributed by atoms with Gasteiger partial charge >= 0.3 is 5.97 Å². The molecule has 0 bridgehead atoms. The number of carboxylic acid groups (broad SMARTS) is 1. The van der Waals surface area contributed by atoms with E-state index in [1.807, 2.05) is 6.92 Å². The largest absolute Gasteiger partial charge is 0.480 e. The second kappa shape index (κ2) is 4.79. The molecule has 2 N–H and O–H groups in total. The fraction of sp³-hybridized carbons (Fsp3) is 0.600. The molecule has 0 fully saturated rings. The molecule has 0 heterocycles. The zero-order chi connectivity index (χ0) is 11.4. The Balaban J connectivity index is 4.48. The summed E-state index contributed by atoms with van der Waals surface area (Å²) in [6, 6.07) is 0. The Labute approximate surface area is 84.0 Å². The summed E-state index contributed by atoms with van der Waals surface area (Å²) in [4.78, 5) is 22.1. The summed E-state index contributed by atoms with van der Waals surface area (Å²) < 4.78 is 0. The van der Waals surface area contributed by atoms with Gasteiger partial charge in [0.25, 0.3) is 0 Å². The van der Waals surface area contributed by atoms with Gasteiger partial charge in [0.2, 0.25) is 5.91 Å². The molecule has 0 aromatic rings. The second-order valence-electron chi connectivity index (χ2n) is 3.68. The Hall–Kier alpha value is -1.32. The first kappa shape index (κ1) is 12.7. The van der Waals surface area contributed by atoms with Crippen molar-refractivity contribution >= 4 is 11.9 Å². The number of amides is 1. The maximum Gasteiger partial charge on any atom is 0.328 e. The third-order valence-corrected chi connectivity index (χ3v) is 1.83. The first-order valence-corrected chi connectivity index (χ1v) is 4.54. The van der Waals surface area contributed by atoms with E-state index < -0.39 is 11.5 Å². The van der Waals surface area contributed by atoms with Crippen LogP contribution in [0.4, 0.5) is 0 Å². The Kier molecular flexibility index (Phi) is 4.34. The lowest BCUT2D eigenvalue weighted by molar-refractivity contribution is -0.145. The zero-order valence-corrected chi connectivity index (χ0v) is 9.05. The fourth-order valence-corrected chi connectivity index (χ4v) is 0.835. The van der Waals surface area contributed by atoms with Gasteiger partial charge in [0, 0.05) is 5.57 Å². The summed E-state index contributed by atoms with van der Waals surface area (Å²) in [5, 5.41) is 11.2. The van der Waals surface area contributed by atoms with Crippen LogP contribution in [0.3, 0.4) is 0 Å². The van der Waals surface area contributed by atoms with Crippen LogP contribution >= 0.6 is 0 Å². The molecule has 1 amide bonds. The number of aliphatic carboxylic acids is 1. The first-order chi connectivity index (χ1) is 6.31. The summed E-state index contributed by atoms with van der Waals surface area (Å²) >= 11 is 0. The van der Waals surface area contributed by atoms with Gasteiger partial charge in [-0.1, -0.05) is 13.0 Å². The van der Waals surface area contributed by atoms with Gasteiger partial charge in [-0.15, -0.1) is 0 Å². The van der Waals surface area contributed by atoms with Crippen LogP contribution in [0.5, 0.6) is 0 Å². The first-order valence-electron chi connectivity index (χ1n) is 4.54. The number of hydrogen-bond acceptors (Lipinski definition) is 2. The molecule has 4 nitrogen and oxygen atoms in total. The van der Waals surface area contributed by atoms with E-state index in [0.717, 1.165) is 6.42 Å². The number of rotatable bonds is 4. The molecule has 0 aliphatic heterocycles. The van der Waals surface area contributed by atoms with Crippen LogP contribution in [0.2, 0.25) is 0 Å². The van der Waals surface area contributed by atoms with E-state index >= 15 is 0 Å². The molecule has 0 rings (SSSR count). The lowest BCUT2D eigenvalue weighted by atomic mass is 10.1. The van der Waals surface area contributed by atoms with E-state index in [4.69, 9.17) is 5.11 Å². The van der Waals surface area contributed by atoms with Crippen LogP contribution in [0.15, 0.2) is 11.6 Å². The number of allylic oxidation sites excluding steroid dienone is 1. The second-order valence-corrected chi connectivity index (χ2v) is 3.68. The molecule has 0 saturated carbocycles. The molecule has 80 valence electrons. The van der Waals surface area contributed by atoms with E-state index in [2.05, 4.69) is 5.32 Å². The minimum absolute atomic E-state index is 0.334. The molecule has 0 aromatic carbocycles. The van der Waals surface area contributed by atoms with Crippen molar-refractivity contribution in [2.24, 2.45) is 0 Å². The van der Waals surface area contributed by atoms with Crippen LogP contribution < -0.4 is 5.32 Å². The smallest absolute Gasteiger partial charge is 0.328 e. The average molecular weight is 199 g/mol. The molecule has 4 heteroatoms. The third-order valence-electron chi connectivity index (χ3n) is 1.83. The SMILES string of the molecule is CC/C=C(/C)C(=O)NC(C)(C)C(=O)O. The van der Waals surface area contributed by atoms with Gasteiger partial charge in [-0.3, -0.25) is 4.79 Å². The van der Waals surface area contributed by atoms with Crippen molar-refractivity contribution in [1.29, 1.82) is 0 Å². The van der Waals surface area contributed by atoms with E-state index in [9.17, 15) is 9.59 Å². The molecule has 0 radical (unpaired) electrons. The number of hydrogen-bond donors (Lipinski definition) is 2. The Morgan fingerprint density at radius 2 is 1.93 bits per heavy atom. The quantitative estimate of drug-likeness (QED) is 0.671. The predicted molar refractivity (Wildman–Crippen MR) is 53.9 cm³/mol. The Morgan fingerprint density at radius 3 is 2.29 bits per heavy atom. The standard InChI is InChI=1S/C10H17NO3/c1-5-6-7(2)8(12)11-10(3,4)9(13)14/h6H,5H2,1-4H3,(H,11,12)(H,13,14)/b7-6-. The minimum Gasteiger partial charge on any atom is -0.480 e. The van der Waals surface area contributed by atoms with Crippen LogP contribution in [-0.2, 0) is 9.59 Å². The topological polar surface area (TPSA) is 66.4 Å². The van der Waals surface area contributed by atoms with E-state index in [1.54, 1.807) is 13.0 Å². The van der Waals surface area contributed by atoms with Gasteiger partial charge in [0.15, 0.2) is 0 Å². The van der Waals surface area contributed by atoms with Crippen molar-refractivity contribution in [3.63, 3.8) is 0 Å². The average Bonchev–Trinajstić information content (AvgIpc) is 2.03. The summed E-state index contributed by atoms with van der Waals surface area (Å²) in [7, 11) is 0. The molecule has 0 aromatic heterocycles. The van der Waals surface area contributed by atoms with Crippen LogP contribution in [-0.4, -0.2) is 22.5 Å². The van der Waals surface area contributed by atoms with Crippen LogP contribution in [0.25, 0.3) is 0 Å². The highest BCUT2D eigenvalue weighted by Crippen LogP contribution is 2.04. The van der Waals surface area contributed by atoms with Gasteiger partial charge < -0.3 is 10.4 Å². The summed E-state index contributed by atoms with van der Waals surface area (Å²) in [6.45, 7) is 6.48. The molecule has 0 spiro atoms. The van der Waals surface area contributed by atoms with Gasteiger partial charge in [-0.05, 0) is 27.2 Å². The number of carbonyl (C=O) groups excluding carboxylic acids is 1. The van der Waals surface area contributed by atoms with Gasteiger partial charge in [0.1, 0.15) is 5.54 Å². The molecule has 0 aliphatic carbocycles. The number of carbonyl (C=O) groups is 2. The zero-order valence-electron chi connectivity index (χ0n) is 9.05. The van der Waals surface area contributed by atoms with E-state index in [1.165, 1.54) is 13.8 Å². The molecular formula is C10H17NO3. The molecule has 14 heavy (non-hydrogen) atoms. The molecular weight excluding hydrogens is 182 g/mol. The van der Waals surface area contributed by atoms with Crippen molar-refractivity contribution < 1.29 is 14.7 Å². The molecule has 0 unspecified atom stereocenters. The van der Waals surface area contributed by atoms with Gasteiger partial charge in [-0.2, -0.15) is 0 Å². The molecule has 0 atom stereocenters. The third kappa shape index (κ3) is 3.60. The van der Waals surface area contributed by atoms with Crippen molar-refractivity contribution in [2.75, 3.05) is 0 Å². The minimum atomic E-state index is -1.22. The van der Waals surface area contributed by atoms with Crippen molar-refractivity contribution in [3.05, 3.63) is 11.6 Å². The number of carboxylic acids is 1. The normalized spacial score (nSPS) is 12.4. The summed E-state index contributed by atoms with van der Waals surface area (Å²) in [6.07, 6.45) is 2.51. The van der Waals surface area contributed by atoms with Crippen molar-refractivity contribution in [2.45, 2.75) is 39.7 Å². The highest BCUT2D eigenvalue weighted by molar-refractivity contribution is 5.96. The lowest BCUT2D eigenvalue weighted by Crippen LogP contribution is -2.49. The maximum absolute atomic E-state index is 11.4. The highest BCUT2D eigenvalue weighted by Gasteiger charge is 2.28. The highest BCUT2D eigenvalue weighted by atomic mass is 16.4. The van der Waals surface area contributed by atoms with E-state index in [0.29, 0.717) is 5.57 Å². The van der Waals surface area contributed by atoms with Crippen molar-refractivity contribution in [3.8, 4) is 0 Å². The monoisotopic (exact) mass is 199 g/mol. The lowest BCUT2D eigenvalue weighted by Gasteiger charge is -2.21. The van der Waals surface area contributed by atoms with Crippen molar-refractivity contribution in [1.82, 2.24) is 5.32 Å². The van der Waals surface area contributed by atoms with Gasteiger partial charge in [0.05, 0.1) is 0 Å². The van der Waals surface area contributed by atoms with Gasteiger partial charge in [-0.25, -0.2) is 4.79 Å². The fourth-order valence-electron chi connectivity index (χ4n) is 0.835. The van der Waals surface area contributed by atoms with Crippen LogP contribution in [0, 0.1) is 0 Å². The Morgan fingerprint density at radius 1 is 1.43 bits per heavy atom. The summed E-state index contributed by atoms with van der Waals surface area (Å²) in [5.41, 5.74) is -0.679. The van der Waals surface area contributed by atoms with E-state index in [-0.39, 0.29) is 5.91 Å². The predicted octanol–water partition coefficient (Wildman–Crippen LogP) is 1.32. The number of nitrogens with one attached hydrogen (secondary N) is 1.